The van der Waals surface area contributed by atoms with Crippen molar-refractivity contribution < 1.29 is 0 Å². The second kappa shape index (κ2) is 7.90. The number of nitrogens with zero attached hydrogens (tertiary/aromatic N) is 6. The Kier molecular flexibility index (Phi) is 5.00. The summed E-state index contributed by atoms with van der Waals surface area (Å²) in [5.74, 6) is 1.64. The third-order valence-electron chi connectivity index (χ3n) is 4.56. The second-order valence-electron chi connectivity index (χ2n) is 6.42. The van der Waals surface area contributed by atoms with E-state index in [1.807, 2.05) is 22.9 Å². The van der Waals surface area contributed by atoms with Crippen LogP contribution in [-0.4, -0.2) is 35.4 Å². The van der Waals surface area contributed by atoms with Crippen molar-refractivity contribution in [1.82, 2.24) is 35.4 Å². The fourth-order valence-corrected chi connectivity index (χ4v) is 3.12. The van der Waals surface area contributed by atoms with Crippen LogP contribution in [0, 0.1) is 0 Å². The standard InChI is InChI=1S/C20H21N7/c1-2-3-8-19-21-14-22-27(19)13-15-9-11-16(12-10-15)17-6-4-5-7-18(17)20-23-25-26-24-20/h4-7,9-12,14H,2-3,8,13H2,1H3,(H,23,24,25,26). The van der Waals surface area contributed by atoms with Crippen molar-refractivity contribution >= 4 is 0 Å². The molecule has 0 aliphatic rings. The molecule has 0 fully saturated rings. The molecule has 0 unspecified atom stereocenters. The number of aryl methyl sites for hydroxylation is 1. The van der Waals surface area contributed by atoms with Gasteiger partial charge in [0.1, 0.15) is 12.2 Å². The lowest BCUT2D eigenvalue weighted by molar-refractivity contribution is 0.618. The Labute approximate surface area is 157 Å². The van der Waals surface area contributed by atoms with E-state index in [0.29, 0.717) is 5.82 Å². The molecule has 0 saturated carbocycles. The number of nitrogens with one attached hydrogen (secondary N) is 1. The fourth-order valence-electron chi connectivity index (χ4n) is 3.12. The number of rotatable bonds is 7. The molecule has 4 aromatic rings. The molecule has 136 valence electrons. The summed E-state index contributed by atoms with van der Waals surface area (Å²) in [6, 6.07) is 16.6. The van der Waals surface area contributed by atoms with Crippen molar-refractivity contribution in [1.29, 1.82) is 0 Å². The molecule has 2 aromatic carbocycles. The molecule has 0 atom stereocenters. The largest absolute Gasteiger partial charge is 0.246 e. The van der Waals surface area contributed by atoms with Crippen LogP contribution >= 0.6 is 0 Å². The first-order valence-corrected chi connectivity index (χ1v) is 9.14. The van der Waals surface area contributed by atoms with Crippen molar-refractivity contribution in [2.24, 2.45) is 0 Å². The number of unbranched alkanes of at least 4 members (excludes halogenated alkanes) is 1. The predicted octanol–water partition coefficient (Wildman–Crippen LogP) is 3.52. The minimum absolute atomic E-state index is 0.595. The second-order valence-corrected chi connectivity index (χ2v) is 6.42. The summed E-state index contributed by atoms with van der Waals surface area (Å²) in [4.78, 5) is 4.38. The number of H-pyrrole nitrogens is 1. The molecule has 7 heteroatoms. The first-order valence-electron chi connectivity index (χ1n) is 9.14. The van der Waals surface area contributed by atoms with E-state index < -0.39 is 0 Å². The molecule has 4 rings (SSSR count). The average Bonchev–Trinajstić information content (AvgIpc) is 3.39. The van der Waals surface area contributed by atoms with E-state index in [9.17, 15) is 0 Å². The highest BCUT2D eigenvalue weighted by molar-refractivity contribution is 5.80. The van der Waals surface area contributed by atoms with Crippen LogP contribution in [0.15, 0.2) is 54.9 Å². The van der Waals surface area contributed by atoms with Gasteiger partial charge in [-0.1, -0.05) is 61.9 Å². The molecule has 27 heavy (non-hydrogen) atoms. The number of tetrazole rings is 1. The minimum atomic E-state index is 0.595. The van der Waals surface area contributed by atoms with Crippen LogP contribution in [0.25, 0.3) is 22.5 Å². The zero-order chi connectivity index (χ0) is 18.5. The SMILES string of the molecule is CCCCc1ncnn1Cc1ccc(-c2ccccc2-c2nn[nH]n2)cc1. The molecule has 0 spiro atoms. The van der Waals surface area contributed by atoms with Crippen LogP contribution in [0.3, 0.4) is 0 Å². The van der Waals surface area contributed by atoms with E-state index in [4.69, 9.17) is 0 Å². The molecule has 0 radical (unpaired) electrons. The van der Waals surface area contributed by atoms with Crippen molar-refractivity contribution in [2.75, 3.05) is 0 Å². The Morgan fingerprint density at radius 1 is 1.00 bits per heavy atom. The summed E-state index contributed by atoms with van der Waals surface area (Å²) in [5.41, 5.74) is 4.34. The van der Waals surface area contributed by atoms with E-state index in [1.165, 1.54) is 5.56 Å². The lowest BCUT2D eigenvalue weighted by Gasteiger charge is -2.09. The van der Waals surface area contributed by atoms with Gasteiger partial charge < -0.3 is 0 Å². The minimum Gasteiger partial charge on any atom is -0.246 e. The molecular formula is C20H21N7. The van der Waals surface area contributed by atoms with Crippen molar-refractivity contribution in [3.05, 3.63) is 66.2 Å². The first-order chi connectivity index (χ1) is 13.3. The van der Waals surface area contributed by atoms with Gasteiger partial charge in [-0.3, -0.25) is 0 Å². The smallest absolute Gasteiger partial charge is 0.205 e. The van der Waals surface area contributed by atoms with E-state index in [-0.39, 0.29) is 0 Å². The summed E-state index contributed by atoms with van der Waals surface area (Å²) in [6.45, 7) is 2.91. The summed E-state index contributed by atoms with van der Waals surface area (Å²) in [6.07, 6.45) is 4.89. The molecule has 2 aromatic heterocycles. The molecular weight excluding hydrogens is 338 g/mol. The van der Waals surface area contributed by atoms with Crippen LogP contribution in [0.4, 0.5) is 0 Å². The first kappa shape index (κ1) is 17.1. The number of aromatic nitrogens is 7. The number of aromatic amines is 1. The summed E-state index contributed by atoms with van der Waals surface area (Å²) in [5, 5.41) is 18.8. The Morgan fingerprint density at radius 3 is 2.56 bits per heavy atom. The molecule has 0 aliphatic heterocycles. The maximum atomic E-state index is 4.38. The van der Waals surface area contributed by atoms with Gasteiger partial charge in [-0.15, -0.1) is 10.2 Å². The van der Waals surface area contributed by atoms with E-state index in [0.717, 1.165) is 48.3 Å². The lowest BCUT2D eigenvalue weighted by atomic mass is 9.98. The normalized spacial score (nSPS) is 11.0. The van der Waals surface area contributed by atoms with Gasteiger partial charge in [-0.25, -0.2) is 9.67 Å². The van der Waals surface area contributed by atoms with Gasteiger partial charge in [0.15, 0.2) is 0 Å². The van der Waals surface area contributed by atoms with Crippen molar-refractivity contribution in [3.63, 3.8) is 0 Å². The molecule has 7 nitrogen and oxygen atoms in total. The topological polar surface area (TPSA) is 85.2 Å². The quantitative estimate of drug-likeness (QED) is 0.546. The number of hydrogen-bond acceptors (Lipinski definition) is 5. The van der Waals surface area contributed by atoms with Crippen LogP contribution in [0.5, 0.6) is 0 Å². The summed E-state index contributed by atoms with van der Waals surface area (Å²) >= 11 is 0. The Hall–Kier alpha value is -3.35. The molecule has 0 bridgehead atoms. The monoisotopic (exact) mass is 359 g/mol. The number of benzene rings is 2. The van der Waals surface area contributed by atoms with Crippen molar-refractivity contribution in [2.45, 2.75) is 32.7 Å². The highest BCUT2D eigenvalue weighted by atomic mass is 15.5. The lowest BCUT2D eigenvalue weighted by Crippen LogP contribution is -2.07. The fraction of sp³-hybridized carbons (Fsp3) is 0.250. The van der Waals surface area contributed by atoms with Gasteiger partial charge in [0.25, 0.3) is 0 Å². The van der Waals surface area contributed by atoms with Crippen LogP contribution in [0.2, 0.25) is 0 Å². The highest BCUT2D eigenvalue weighted by Gasteiger charge is 2.11. The Bertz CT molecular complexity index is 987. The molecule has 0 aliphatic carbocycles. The molecule has 2 heterocycles. The van der Waals surface area contributed by atoms with Gasteiger partial charge >= 0.3 is 0 Å². The number of hydrogen-bond donors (Lipinski definition) is 1. The zero-order valence-electron chi connectivity index (χ0n) is 15.2. The van der Waals surface area contributed by atoms with E-state index in [2.05, 4.69) is 68.0 Å². The predicted molar refractivity (Wildman–Crippen MR) is 103 cm³/mol. The molecule has 0 amide bonds. The summed E-state index contributed by atoms with van der Waals surface area (Å²) in [7, 11) is 0. The highest BCUT2D eigenvalue weighted by Crippen LogP contribution is 2.29. The van der Waals surface area contributed by atoms with Gasteiger partial charge in [-0.05, 0) is 28.3 Å². The average molecular weight is 359 g/mol. The van der Waals surface area contributed by atoms with E-state index >= 15 is 0 Å². The van der Waals surface area contributed by atoms with Gasteiger partial charge in [0.2, 0.25) is 5.82 Å². The van der Waals surface area contributed by atoms with Crippen LogP contribution < -0.4 is 0 Å². The Morgan fingerprint density at radius 2 is 1.81 bits per heavy atom. The maximum Gasteiger partial charge on any atom is 0.205 e. The van der Waals surface area contributed by atoms with Gasteiger partial charge in [0.05, 0.1) is 6.54 Å². The van der Waals surface area contributed by atoms with Gasteiger partial charge in [-0.2, -0.15) is 10.3 Å². The zero-order valence-corrected chi connectivity index (χ0v) is 15.2. The van der Waals surface area contributed by atoms with Crippen LogP contribution in [-0.2, 0) is 13.0 Å². The molecule has 0 saturated heterocycles. The maximum absolute atomic E-state index is 4.38. The van der Waals surface area contributed by atoms with Crippen LogP contribution in [0.1, 0.15) is 31.2 Å². The van der Waals surface area contributed by atoms with Crippen molar-refractivity contribution in [3.8, 4) is 22.5 Å². The Balaban J connectivity index is 1.57. The van der Waals surface area contributed by atoms with Gasteiger partial charge in [0, 0.05) is 12.0 Å². The summed E-state index contributed by atoms with van der Waals surface area (Å²) < 4.78 is 1.98. The third kappa shape index (κ3) is 3.76. The third-order valence-corrected chi connectivity index (χ3v) is 4.56. The molecule has 1 N–H and O–H groups in total. The van der Waals surface area contributed by atoms with E-state index in [1.54, 1.807) is 6.33 Å².